The normalized spacial score (nSPS) is 10.9. The maximum atomic E-state index is 13.7. The first-order valence-corrected chi connectivity index (χ1v) is 9.24. The van der Waals surface area contributed by atoms with Gasteiger partial charge in [-0.25, -0.2) is 13.8 Å². The largest absolute Gasteiger partial charge is 0.493 e. The number of benzene rings is 2. The molecule has 2 rings (SSSR count). The summed E-state index contributed by atoms with van der Waals surface area (Å²) in [6, 6.07) is 9.24. The van der Waals surface area contributed by atoms with Crippen LogP contribution in [0.5, 0.6) is 11.5 Å². The highest BCUT2D eigenvalue weighted by atomic mass is 127. The monoisotopic (exact) mass is 519 g/mol. The summed E-state index contributed by atoms with van der Waals surface area (Å²) >= 11 is 0. The van der Waals surface area contributed by atoms with E-state index in [0.717, 1.165) is 30.5 Å². The number of hydrogen-bond acceptors (Lipinski definition) is 3. The van der Waals surface area contributed by atoms with Gasteiger partial charge in [0, 0.05) is 18.7 Å². The molecule has 0 aliphatic heterocycles. The molecule has 0 saturated heterocycles. The maximum absolute atomic E-state index is 13.7. The molecule has 5 nitrogen and oxygen atoms in total. The number of guanidine groups is 1. The average molecular weight is 519 g/mol. The molecule has 0 atom stereocenters. The second-order valence-corrected chi connectivity index (χ2v) is 6.15. The lowest BCUT2D eigenvalue weighted by molar-refractivity contribution is 0.354. The number of ether oxygens (including phenoxy) is 2. The first-order chi connectivity index (χ1) is 13.6. The number of hydrogen-bond donors (Lipinski definition) is 2. The second-order valence-electron chi connectivity index (χ2n) is 6.15. The lowest BCUT2D eigenvalue weighted by atomic mass is 10.1. The van der Waals surface area contributed by atoms with Crippen molar-refractivity contribution in [2.24, 2.45) is 4.99 Å². The molecule has 8 heteroatoms. The fourth-order valence-corrected chi connectivity index (χ4v) is 2.71. The van der Waals surface area contributed by atoms with E-state index in [1.54, 1.807) is 14.2 Å². The van der Waals surface area contributed by atoms with Gasteiger partial charge in [0.15, 0.2) is 17.5 Å². The summed E-state index contributed by atoms with van der Waals surface area (Å²) in [7, 11) is 3.22. The molecule has 0 saturated carbocycles. The molecule has 0 aromatic heterocycles. The molecule has 0 heterocycles. The van der Waals surface area contributed by atoms with Crippen molar-refractivity contribution in [3.05, 3.63) is 59.2 Å². The third-order valence-electron chi connectivity index (χ3n) is 4.14. The number of methoxy groups -OCH3 is 2. The van der Waals surface area contributed by atoms with Crippen LogP contribution in [0.4, 0.5) is 8.78 Å². The molecular formula is C21H28F2IN3O2. The van der Waals surface area contributed by atoms with Gasteiger partial charge in [-0.2, -0.15) is 0 Å². The van der Waals surface area contributed by atoms with Crippen molar-refractivity contribution in [1.82, 2.24) is 10.6 Å². The van der Waals surface area contributed by atoms with Gasteiger partial charge in [-0.15, -0.1) is 24.0 Å². The highest BCUT2D eigenvalue weighted by molar-refractivity contribution is 14.0. The zero-order chi connectivity index (χ0) is 20.4. The Balaban J connectivity index is 0.00000420. The summed E-state index contributed by atoms with van der Waals surface area (Å²) < 4.78 is 37.5. The van der Waals surface area contributed by atoms with Crippen molar-refractivity contribution < 1.29 is 18.3 Å². The molecule has 0 unspecified atom stereocenters. The molecule has 0 aliphatic rings. The highest BCUT2D eigenvalue weighted by Gasteiger charge is 2.06. The molecule has 0 amide bonds. The Bertz CT molecular complexity index is 803. The molecule has 0 bridgehead atoms. The van der Waals surface area contributed by atoms with Gasteiger partial charge in [0.1, 0.15) is 11.6 Å². The first-order valence-electron chi connectivity index (χ1n) is 9.24. The van der Waals surface area contributed by atoms with Crippen LogP contribution < -0.4 is 20.1 Å². The summed E-state index contributed by atoms with van der Waals surface area (Å²) in [4.78, 5) is 4.33. The number of halogens is 3. The number of nitrogens with zero attached hydrogens (tertiary/aromatic N) is 1. The van der Waals surface area contributed by atoms with Gasteiger partial charge in [-0.05, 0) is 55.7 Å². The van der Waals surface area contributed by atoms with Gasteiger partial charge in [0.2, 0.25) is 0 Å². The van der Waals surface area contributed by atoms with Crippen molar-refractivity contribution in [2.75, 3.05) is 27.3 Å². The molecular weight excluding hydrogens is 491 g/mol. The first kappa shape index (κ1) is 24.9. The SMILES string of the molecule is CCNC(=NCc1cc(F)ccc1F)NCCCc1ccc(OC)c(OC)c1.I. The molecule has 0 fully saturated rings. The van der Waals surface area contributed by atoms with Gasteiger partial charge >= 0.3 is 0 Å². The average Bonchev–Trinajstić information content (AvgIpc) is 2.71. The highest BCUT2D eigenvalue weighted by Crippen LogP contribution is 2.27. The van der Waals surface area contributed by atoms with Crippen LogP contribution in [0.25, 0.3) is 0 Å². The fourth-order valence-electron chi connectivity index (χ4n) is 2.71. The summed E-state index contributed by atoms with van der Waals surface area (Å²) in [5.41, 5.74) is 1.37. The minimum absolute atomic E-state index is 0. The molecule has 2 aromatic rings. The minimum Gasteiger partial charge on any atom is -0.493 e. The predicted octanol–water partition coefficient (Wildman–Crippen LogP) is 4.29. The Labute approximate surface area is 187 Å². The Morgan fingerprint density at radius 3 is 2.45 bits per heavy atom. The quantitative estimate of drug-likeness (QED) is 0.225. The number of aryl methyl sites for hydroxylation is 1. The zero-order valence-electron chi connectivity index (χ0n) is 16.9. The standard InChI is InChI=1S/C21H27F2N3O2.HI/c1-4-24-21(26-14-16-13-17(22)8-9-18(16)23)25-11-5-6-15-7-10-19(27-2)20(12-15)28-3;/h7-10,12-13H,4-6,11,14H2,1-3H3,(H2,24,25,26);1H. The third-order valence-corrected chi connectivity index (χ3v) is 4.14. The molecule has 0 radical (unpaired) electrons. The lowest BCUT2D eigenvalue weighted by Gasteiger charge is -2.12. The van der Waals surface area contributed by atoms with Crippen LogP contribution in [0, 0.1) is 11.6 Å². The lowest BCUT2D eigenvalue weighted by Crippen LogP contribution is -2.37. The van der Waals surface area contributed by atoms with E-state index in [1.807, 2.05) is 25.1 Å². The van der Waals surface area contributed by atoms with Crippen LogP contribution in [0.3, 0.4) is 0 Å². The van der Waals surface area contributed by atoms with E-state index in [0.29, 0.717) is 30.5 Å². The van der Waals surface area contributed by atoms with E-state index >= 15 is 0 Å². The summed E-state index contributed by atoms with van der Waals surface area (Å²) in [5, 5.41) is 6.32. The molecule has 0 spiro atoms. The van der Waals surface area contributed by atoms with Gasteiger partial charge < -0.3 is 20.1 Å². The molecule has 2 aromatic carbocycles. The Hall–Kier alpha value is -2.10. The Kier molecular flexibility index (Phi) is 11.3. The summed E-state index contributed by atoms with van der Waals surface area (Å²) in [6.45, 7) is 3.37. The van der Waals surface area contributed by atoms with E-state index in [9.17, 15) is 8.78 Å². The van der Waals surface area contributed by atoms with E-state index in [2.05, 4.69) is 15.6 Å². The van der Waals surface area contributed by atoms with Gasteiger partial charge in [-0.1, -0.05) is 6.07 Å². The van der Waals surface area contributed by atoms with Crippen LogP contribution in [0.2, 0.25) is 0 Å². The number of rotatable bonds is 9. The minimum atomic E-state index is -0.473. The van der Waals surface area contributed by atoms with Gasteiger partial charge in [-0.3, -0.25) is 0 Å². The van der Waals surface area contributed by atoms with E-state index in [-0.39, 0.29) is 36.1 Å². The number of nitrogens with one attached hydrogen (secondary N) is 2. The maximum Gasteiger partial charge on any atom is 0.191 e. The molecule has 2 N–H and O–H groups in total. The summed E-state index contributed by atoms with van der Waals surface area (Å²) in [6.07, 6.45) is 1.72. The Morgan fingerprint density at radius 1 is 1.00 bits per heavy atom. The number of aliphatic imine (C=N–C) groups is 1. The summed E-state index contributed by atoms with van der Waals surface area (Å²) in [5.74, 6) is 1.04. The van der Waals surface area contributed by atoms with Crippen molar-refractivity contribution in [1.29, 1.82) is 0 Å². The van der Waals surface area contributed by atoms with Crippen LogP contribution >= 0.6 is 24.0 Å². The van der Waals surface area contributed by atoms with Crippen molar-refractivity contribution in [3.63, 3.8) is 0 Å². The molecule has 160 valence electrons. The smallest absolute Gasteiger partial charge is 0.191 e. The predicted molar refractivity (Wildman–Crippen MR) is 122 cm³/mol. The zero-order valence-corrected chi connectivity index (χ0v) is 19.3. The van der Waals surface area contributed by atoms with Crippen molar-refractivity contribution in [3.8, 4) is 11.5 Å². The van der Waals surface area contributed by atoms with Crippen LogP contribution in [0.1, 0.15) is 24.5 Å². The van der Waals surface area contributed by atoms with Crippen molar-refractivity contribution >= 4 is 29.9 Å². The molecule has 29 heavy (non-hydrogen) atoms. The Morgan fingerprint density at radius 2 is 1.76 bits per heavy atom. The van der Waals surface area contributed by atoms with Gasteiger partial charge in [0.25, 0.3) is 0 Å². The van der Waals surface area contributed by atoms with E-state index in [4.69, 9.17) is 9.47 Å². The third kappa shape index (κ3) is 8.04. The topological polar surface area (TPSA) is 54.9 Å². The van der Waals surface area contributed by atoms with Gasteiger partial charge in [0.05, 0.1) is 20.8 Å². The van der Waals surface area contributed by atoms with Crippen LogP contribution in [-0.2, 0) is 13.0 Å². The van der Waals surface area contributed by atoms with Crippen LogP contribution in [-0.4, -0.2) is 33.3 Å². The van der Waals surface area contributed by atoms with Crippen molar-refractivity contribution in [2.45, 2.75) is 26.3 Å². The fraction of sp³-hybridized carbons (Fsp3) is 0.381. The van der Waals surface area contributed by atoms with E-state index in [1.165, 1.54) is 6.07 Å². The second kappa shape index (κ2) is 13.2. The van der Waals surface area contributed by atoms with E-state index < -0.39 is 11.6 Å². The molecule has 0 aliphatic carbocycles. The van der Waals surface area contributed by atoms with Crippen LogP contribution in [0.15, 0.2) is 41.4 Å².